The molecule has 0 atom stereocenters. The Hall–Kier alpha value is 0.220. The van der Waals surface area contributed by atoms with Crippen LogP contribution in [-0.2, 0) is 10.4 Å². The fourth-order valence-corrected chi connectivity index (χ4v) is 8.43. The standard InChI is InChI=1S/C25H55P.2H3N.H2O4S/c1-5-8-11-14-17-20-23-26(4,24-21-18-15-12-9-6-2)25-22-19-16-13-10-7-3;;;1-5(2,3)4/h26H,5-25H2,1-4H3;2*1H3;(H2,1,2,3,4). The van der Waals surface area contributed by atoms with Gasteiger partial charge in [0, 0.05) is 0 Å². The van der Waals surface area contributed by atoms with Gasteiger partial charge in [-0.25, -0.2) is 0 Å². The van der Waals surface area contributed by atoms with E-state index < -0.39 is 17.7 Å². The van der Waals surface area contributed by atoms with Crippen LogP contribution in [0.15, 0.2) is 0 Å². The summed E-state index contributed by atoms with van der Waals surface area (Å²) in [6, 6.07) is 0. The van der Waals surface area contributed by atoms with Crippen molar-refractivity contribution in [2.24, 2.45) is 0 Å². The summed E-state index contributed by atoms with van der Waals surface area (Å²) in [7, 11) is -5.62. The van der Waals surface area contributed by atoms with Gasteiger partial charge in [-0.3, -0.25) is 9.11 Å². The topological polar surface area (TPSA) is 145 Å². The molecule has 8 N–H and O–H groups in total. The molecule has 0 aliphatic carbocycles. The van der Waals surface area contributed by atoms with E-state index in [0.717, 1.165) is 0 Å². The molecule has 0 bridgehead atoms. The van der Waals surface area contributed by atoms with Crippen molar-refractivity contribution in [1.29, 1.82) is 0 Å². The first-order valence-electron chi connectivity index (χ1n) is 13.4. The van der Waals surface area contributed by atoms with Gasteiger partial charge in [0.1, 0.15) is 0 Å². The Bertz CT molecular complexity index is 417. The minimum atomic E-state index is -4.67. The molecule has 0 aromatic rings. The van der Waals surface area contributed by atoms with Gasteiger partial charge in [-0.1, -0.05) is 0 Å². The normalized spacial score (nSPS) is 11.7. The summed E-state index contributed by atoms with van der Waals surface area (Å²) in [5.74, 6) is 0. The Labute approximate surface area is 208 Å². The minimum Gasteiger partial charge on any atom is -0.344 e. The molecule has 0 saturated carbocycles. The number of hydrogen-bond donors (Lipinski definition) is 4. The Morgan fingerprint density at radius 1 is 0.485 bits per heavy atom. The minimum absolute atomic E-state index is 0. The van der Waals surface area contributed by atoms with Crippen molar-refractivity contribution in [1.82, 2.24) is 12.3 Å². The maximum Gasteiger partial charge on any atom is 0.394 e. The van der Waals surface area contributed by atoms with Crippen LogP contribution in [0.3, 0.4) is 0 Å². The number of rotatable bonds is 21. The van der Waals surface area contributed by atoms with Gasteiger partial charge in [-0.05, 0) is 0 Å². The Morgan fingerprint density at radius 3 is 0.879 bits per heavy atom. The Balaban J connectivity index is -0.000000539. The second kappa shape index (κ2) is 28.5. The van der Waals surface area contributed by atoms with E-state index in [1.54, 1.807) is 18.5 Å². The van der Waals surface area contributed by atoms with Gasteiger partial charge in [0.15, 0.2) is 0 Å². The van der Waals surface area contributed by atoms with Crippen molar-refractivity contribution < 1.29 is 17.5 Å². The largest absolute Gasteiger partial charge is 0.394 e. The smallest absolute Gasteiger partial charge is 0.344 e. The fourth-order valence-electron chi connectivity index (χ4n) is 4.37. The second-order valence-electron chi connectivity index (χ2n) is 9.81. The van der Waals surface area contributed by atoms with Crippen molar-refractivity contribution in [3.8, 4) is 0 Å². The average molecular weight is 519 g/mol. The predicted octanol–water partition coefficient (Wildman–Crippen LogP) is 9.12. The molecule has 8 heteroatoms. The SMILES string of the molecule is CCCCCCCC[PH](C)(CCCCCCCC)CCCCCCCC.N.N.O=S(=O)(O)O. The van der Waals surface area contributed by atoms with Crippen LogP contribution in [0, 0.1) is 0 Å². The van der Waals surface area contributed by atoms with E-state index in [9.17, 15) is 0 Å². The molecule has 0 saturated heterocycles. The summed E-state index contributed by atoms with van der Waals surface area (Å²) in [6.07, 6.45) is 31.4. The molecular weight excluding hydrogens is 455 g/mol. The molecule has 0 aliphatic heterocycles. The van der Waals surface area contributed by atoms with E-state index in [-0.39, 0.29) is 12.3 Å². The van der Waals surface area contributed by atoms with E-state index in [4.69, 9.17) is 17.5 Å². The van der Waals surface area contributed by atoms with Crippen LogP contribution in [0.4, 0.5) is 0 Å². The summed E-state index contributed by atoms with van der Waals surface area (Å²) in [4.78, 5) is 0. The summed E-state index contributed by atoms with van der Waals surface area (Å²) in [6.45, 7) is 9.73. The molecule has 0 radical (unpaired) electrons. The molecule has 0 heterocycles. The molecule has 208 valence electrons. The molecular formula is C25H63N2O4PS. The van der Waals surface area contributed by atoms with Crippen LogP contribution in [0.1, 0.15) is 136 Å². The number of unbranched alkanes of at least 4 members (excludes halogenated alkanes) is 15. The quantitative estimate of drug-likeness (QED) is 0.0677. The maximum atomic E-state index is 8.74. The molecule has 0 aromatic carbocycles. The van der Waals surface area contributed by atoms with Crippen LogP contribution in [-0.4, -0.2) is 42.7 Å². The zero-order chi connectivity index (χ0) is 23.8. The van der Waals surface area contributed by atoms with Gasteiger partial charge >= 0.3 is 179 Å². The van der Waals surface area contributed by atoms with Crippen LogP contribution in [0.2, 0.25) is 0 Å². The van der Waals surface area contributed by atoms with E-state index in [1.165, 1.54) is 116 Å². The van der Waals surface area contributed by atoms with E-state index in [2.05, 4.69) is 27.4 Å². The Morgan fingerprint density at radius 2 is 0.667 bits per heavy atom. The van der Waals surface area contributed by atoms with Crippen LogP contribution < -0.4 is 12.3 Å². The van der Waals surface area contributed by atoms with E-state index >= 15 is 0 Å². The third kappa shape index (κ3) is 39.7. The van der Waals surface area contributed by atoms with Crippen molar-refractivity contribution >= 4 is 17.7 Å². The van der Waals surface area contributed by atoms with Crippen molar-refractivity contribution in [3.63, 3.8) is 0 Å². The monoisotopic (exact) mass is 518 g/mol. The maximum absolute atomic E-state index is 8.74. The number of hydrogen-bond acceptors (Lipinski definition) is 4. The first-order valence-corrected chi connectivity index (χ1v) is 17.9. The first-order chi connectivity index (χ1) is 14.7. The average Bonchev–Trinajstić information content (AvgIpc) is 2.69. The van der Waals surface area contributed by atoms with Gasteiger partial charge in [0.05, 0.1) is 0 Å². The van der Waals surface area contributed by atoms with Crippen LogP contribution in [0.25, 0.3) is 0 Å². The molecule has 33 heavy (non-hydrogen) atoms. The molecule has 0 aliphatic rings. The first kappa shape index (κ1) is 40.4. The van der Waals surface area contributed by atoms with Crippen LogP contribution in [0.5, 0.6) is 0 Å². The van der Waals surface area contributed by atoms with Crippen molar-refractivity contribution in [2.45, 2.75) is 136 Å². The zero-order valence-electron chi connectivity index (χ0n) is 22.9. The predicted molar refractivity (Wildman–Crippen MR) is 153 cm³/mol. The second-order valence-corrected chi connectivity index (χ2v) is 15.8. The van der Waals surface area contributed by atoms with Gasteiger partial charge < -0.3 is 12.3 Å². The summed E-state index contributed by atoms with van der Waals surface area (Å²) in [5.41, 5.74) is 0. The summed E-state index contributed by atoms with van der Waals surface area (Å²) < 4.78 is 31.6. The van der Waals surface area contributed by atoms with E-state index in [0.29, 0.717) is 0 Å². The van der Waals surface area contributed by atoms with Crippen molar-refractivity contribution in [3.05, 3.63) is 0 Å². The summed E-state index contributed by atoms with van der Waals surface area (Å²) >= 11 is 0. The van der Waals surface area contributed by atoms with Gasteiger partial charge in [-0.15, -0.1) is 0 Å². The molecule has 0 fully saturated rings. The van der Waals surface area contributed by atoms with Gasteiger partial charge in [0.25, 0.3) is 0 Å². The molecule has 0 unspecified atom stereocenters. The summed E-state index contributed by atoms with van der Waals surface area (Å²) in [5, 5.41) is 0. The zero-order valence-corrected chi connectivity index (χ0v) is 24.7. The fraction of sp³-hybridized carbons (Fsp3) is 1.00. The molecule has 0 spiro atoms. The third-order valence-electron chi connectivity index (χ3n) is 6.40. The van der Waals surface area contributed by atoms with Crippen LogP contribution >= 0.6 is 7.26 Å². The molecule has 0 rings (SSSR count). The molecule has 0 amide bonds. The molecule has 6 nitrogen and oxygen atoms in total. The van der Waals surface area contributed by atoms with Gasteiger partial charge in [0.2, 0.25) is 0 Å². The van der Waals surface area contributed by atoms with E-state index in [1.807, 2.05) is 0 Å². The van der Waals surface area contributed by atoms with Gasteiger partial charge in [-0.2, -0.15) is 8.42 Å². The Kier molecular flexibility index (Phi) is 34.8. The molecule has 0 aromatic heterocycles. The van der Waals surface area contributed by atoms with Crippen molar-refractivity contribution in [2.75, 3.05) is 25.2 Å². The third-order valence-corrected chi connectivity index (χ3v) is 11.1.